The Morgan fingerprint density at radius 3 is 2.79 bits per heavy atom. The SMILES string of the molecule is FC1=CCC(=c2ncn(C3CCCCC3)c2=C2c3cc[nH]c3N=CC2F)C=C1. The number of fused-ring (bicyclic) bond motifs is 1. The van der Waals surface area contributed by atoms with Gasteiger partial charge in [0.15, 0.2) is 6.17 Å². The Balaban J connectivity index is 1.83. The molecule has 4 nitrogen and oxygen atoms in total. The van der Waals surface area contributed by atoms with Crippen LogP contribution >= 0.6 is 0 Å². The number of hydrogen-bond donors (Lipinski definition) is 1. The van der Waals surface area contributed by atoms with E-state index in [9.17, 15) is 4.39 Å². The van der Waals surface area contributed by atoms with E-state index in [1.807, 2.05) is 12.4 Å². The largest absolute Gasteiger partial charge is 0.346 e. The zero-order chi connectivity index (χ0) is 19.1. The summed E-state index contributed by atoms with van der Waals surface area (Å²) < 4.78 is 30.8. The van der Waals surface area contributed by atoms with Gasteiger partial charge >= 0.3 is 0 Å². The molecule has 144 valence electrons. The Bertz CT molecular complexity index is 1110. The van der Waals surface area contributed by atoms with E-state index in [0.29, 0.717) is 23.9 Å². The van der Waals surface area contributed by atoms with Crippen molar-refractivity contribution >= 4 is 23.2 Å². The molecule has 0 bridgehead atoms. The van der Waals surface area contributed by atoms with Crippen LogP contribution in [0.4, 0.5) is 14.6 Å². The summed E-state index contributed by atoms with van der Waals surface area (Å²) in [5.41, 5.74) is 2.28. The van der Waals surface area contributed by atoms with Crippen molar-refractivity contribution < 1.29 is 8.78 Å². The van der Waals surface area contributed by atoms with Gasteiger partial charge in [0.05, 0.1) is 17.0 Å². The molecule has 1 N–H and O–H groups in total. The molecular weight excluding hydrogens is 358 g/mol. The van der Waals surface area contributed by atoms with Crippen molar-refractivity contribution in [3.05, 3.63) is 58.9 Å². The van der Waals surface area contributed by atoms with Gasteiger partial charge in [-0.1, -0.05) is 25.3 Å². The smallest absolute Gasteiger partial charge is 0.163 e. The van der Waals surface area contributed by atoms with E-state index >= 15 is 4.39 Å². The van der Waals surface area contributed by atoms with Gasteiger partial charge in [-0.25, -0.2) is 18.8 Å². The molecule has 2 aliphatic carbocycles. The molecule has 0 saturated heterocycles. The molecule has 0 spiro atoms. The average Bonchev–Trinajstić information content (AvgIpc) is 3.36. The Morgan fingerprint density at radius 2 is 2.00 bits per heavy atom. The summed E-state index contributed by atoms with van der Waals surface area (Å²) in [7, 11) is 0. The predicted molar refractivity (Wildman–Crippen MR) is 106 cm³/mol. The van der Waals surface area contributed by atoms with Crippen LogP contribution in [0.5, 0.6) is 0 Å². The second-order valence-corrected chi connectivity index (χ2v) is 7.63. The highest BCUT2D eigenvalue weighted by atomic mass is 19.1. The minimum atomic E-state index is -1.30. The second kappa shape index (κ2) is 7.00. The number of halogens is 2. The van der Waals surface area contributed by atoms with Crippen LogP contribution in [0.2, 0.25) is 0 Å². The van der Waals surface area contributed by atoms with E-state index in [4.69, 9.17) is 0 Å². The molecule has 0 radical (unpaired) electrons. The minimum absolute atomic E-state index is 0.245. The van der Waals surface area contributed by atoms with E-state index in [1.165, 1.54) is 31.6 Å². The number of nitrogens with zero attached hydrogens (tertiary/aromatic N) is 3. The molecule has 1 aliphatic heterocycles. The predicted octanol–water partition coefficient (Wildman–Crippen LogP) is 3.93. The van der Waals surface area contributed by atoms with E-state index < -0.39 is 6.17 Å². The van der Waals surface area contributed by atoms with Crippen molar-refractivity contribution in [3.63, 3.8) is 0 Å². The Hall–Kier alpha value is -2.76. The lowest BCUT2D eigenvalue weighted by molar-refractivity contribution is 0.347. The Labute approximate surface area is 161 Å². The summed E-state index contributed by atoms with van der Waals surface area (Å²) in [5.74, 6) is 0.423. The molecule has 2 aromatic heterocycles. The molecule has 0 aromatic carbocycles. The summed E-state index contributed by atoms with van der Waals surface area (Å²) in [5, 5.41) is 1.55. The average molecular weight is 380 g/mol. The normalized spacial score (nSPS) is 26.4. The number of allylic oxidation sites excluding steroid dienone is 4. The highest BCUT2D eigenvalue weighted by molar-refractivity contribution is 5.93. The highest BCUT2D eigenvalue weighted by Gasteiger charge is 2.26. The van der Waals surface area contributed by atoms with Gasteiger partial charge in [0.1, 0.15) is 11.6 Å². The van der Waals surface area contributed by atoms with Gasteiger partial charge in [-0.3, -0.25) is 0 Å². The lowest BCUT2D eigenvalue weighted by Gasteiger charge is -2.24. The standard InChI is InChI=1S/C22H22F2N4/c23-15-8-6-14(7-9-15)20-21(28(13-27-20)16-4-2-1-3-5-16)19-17-10-11-25-22(17)26-12-18(19)24/h6,8-13,16,18,25H,1-5,7H2. The monoisotopic (exact) mass is 380 g/mol. The first kappa shape index (κ1) is 17.3. The summed E-state index contributed by atoms with van der Waals surface area (Å²) in [6, 6.07) is 2.18. The summed E-state index contributed by atoms with van der Waals surface area (Å²) in [6.07, 6.45) is 14.6. The fourth-order valence-electron chi connectivity index (χ4n) is 4.50. The Kier molecular flexibility index (Phi) is 4.34. The zero-order valence-electron chi connectivity index (χ0n) is 15.5. The van der Waals surface area contributed by atoms with Gasteiger partial charge < -0.3 is 9.55 Å². The molecule has 5 rings (SSSR count). The molecule has 1 saturated carbocycles. The van der Waals surface area contributed by atoms with Gasteiger partial charge in [0, 0.05) is 29.6 Å². The number of aliphatic imine (C=N–C) groups is 1. The Morgan fingerprint density at radius 1 is 1.14 bits per heavy atom. The van der Waals surface area contributed by atoms with Crippen molar-refractivity contribution in [3.8, 4) is 0 Å². The third-order valence-electron chi connectivity index (χ3n) is 5.91. The molecule has 1 atom stereocenters. The van der Waals surface area contributed by atoms with Crippen LogP contribution < -0.4 is 10.7 Å². The van der Waals surface area contributed by atoms with E-state index in [-0.39, 0.29) is 5.83 Å². The van der Waals surface area contributed by atoms with Crippen LogP contribution in [0, 0.1) is 0 Å². The molecule has 3 aliphatic rings. The lowest BCUT2D eigenvalue weighted by Crippen LogP contribution is -2.39. The summed E-state index contributed by atoms with van der Waals surface area (Å²) in [6.45, 7) is 0. The summed E-state index contributed by atoms with van der Waals surface area (Å²) >= 11 is 0. The van der Waals surface area contributed by atoms with Crippen molar-refractivity contribution in [1.82, 2.24) is 14.5 Å². The minimum Gasteiger partial charge on any atom is -0.346 e. The molecule has 3 heterocycles. The molecule has 1 fully saturated rings. The summed E-state index contributed by atoms with van der Waals surface area (Å²) in [4.78, 5) is 12.0. The van der Waals surface area contributed by atoms with E-state index in [2.05, 4.69) is 19.5 Å². The van der Waals surface area contributed by atoms with Crippen LogP contribution in [0.25, 0.3) is 11.1 Å². The third-order valence-corrected chi connectivity index (χ3v) is 5.91. The number of H-pyrrole nitrogens is 1. The number of alkyl halides is 1. The van der Waals surface area contributed by atoms with Gasteiger partial charge in [-0.05, 0) is 43.1 Å². The van der Waals surface area contributed by atoms with E-state index in [1.54, 1.807) is 18.3 Å². The first-order valence-electron chi connectivity index (χ1n) is 9.92. The second-order valence-electron chi connectivity index (χ2n) is 7.63. The maximum absolute atomic E-state index is 15.2. The number of hydrogen-bond acceptors (Lipinski definition) is 2. The number of imidazole rings is 1. The molecule has 6 heteroatoms. The first-order chi connectivity index (χ1) is 13.7. The van der Waals surface area contributed by atoms with Crippen LogP contribution in [-0.4, -0.2) is 26.9 Å². The molecule has 0 amide bonds. The fourth-order valence-corrected chi connectivity index (χ4v) is 4.50. The highest BCUT2D eigenvalue weighted by Crippen LogP contribution is 2.31. The van der Waals surface area contributed by atoms with Crippen molar-refractivity contribution in [2.45, 2.75) is 50.7 Å². The molecular formula is C22H22F2N4. The number of aromatic amines is 1. The third kappa shape index (κ3) is 2.87. The number of nitrogens with one attached hydrogen (secondary N) is 1. The van der Waals surface area contributed by atoms with Crippen molar-refractivity contribution in [1.29, 1.82) is 0 Å². The fraction of sp³-hybridized carbons (Fsp3) is 0.364. The van der Waals surface area contributed by atoms with Crippen LogP contribution in [0.15, 0.2) is 47.6 Å². The van der Waals surface area contributed by atoms with Gasteiger partial charge in [-0.2, -0.15) is 0 Å². The quantitative estimate of drug-likeness (QED) is 0.801. The van der Waals surface area contributed by atoms with Crippen LogP contribution in [0.3, 0.4) is 0 Å². The number of rotatable bonds is 1. The molecule has 2 aromatic rings. The number of aromatic nitrogens is 3. The van der Waals surface area contributed by atoms with Gasteiger partial charge in [0.2, 0.25) is 0 Å². The first-order valence-corrected chi connectivity index (χ1v) is 9.92. The van der Waals surface area contributed by atoms with Gasteiger partial charge in [-0.15, -0.1) is 0 Å². The zero-order valence-corrected chi connectivity index (χ0v) is 15.5. The maximum atomic E-state index is 15.2. The molecule has 28 heavy (non-hydrogen) atoms. The lowest BCUT2D eigenvalue weighted by atomic mass is 9.94. The molecule has 1 unspecified atom stereocenters. The van der Waals surface area contributed by atoms with E-state index in [0.717, 1.165) is 34.7 Å². The maximum Gasteiger partial charge on any atom is 0.163 e. The van der Waals surface area contributed by atoms with Crippen molar-refractivity contribution in [2.24, 2.45) is 4.99 Å². The van der Waals surface area contributed by atoms with Crippen molar-refractivity contribution in [2.75, 3.05) is 0 Å². The topological polar surface area (TPSA) is 46.0 Å². The van der Waals surface area contributed by atoms with Gasteiger partial charge in [0.25, 0.3) is 0 Å². The van der Waals surface area contributed by atoms with Crippen LogP contribution in [-0.2, 0) is 0 Å². The van der Waals surface area contributed by atoms with Crippen LogP contribution in [0.1, 0.15) is 50.1 Å².